The number of hydrogen-bond donors (Lipinski definition) is 5. The van der Waals surface area contributed by atoms with E-state index in [0.29, 0.717) is 30.9 Å². The number of piperidine rings is 3. The molecular formula is C69H81ClN18O7S8. The number of anilines is 3. The molecular weight excluding hydrogens is 1480 g/mol. The second-order valence-corrected chi connectivity index (χ2v) is 33.4. The van der Waals surface area contributed by atoms with Crippen molar-refractivity contribution in [3.05, 3.63) is 147 Å². The molecule has 3 saturated heterocycles. The van der Waals surface area contributed by atoms with Gasteiger partial charge in [-0.05, 0) is 132 Å². The van der Waals surface area contributed by atoms with Crippen LogP contribution >= 0.6 is 85.2 Å². The normalized spacial score (nSPS) is 17.5. The van der Waals surface area contributed by atoms with Crippen molar-refractivity contribution in [2.75, 3.05) is 55.2 Å². The number of ether oxygens (including phenoxy) is 3. The van der Waals surface area contributed by atoms with Gasteiger partial charge in [-0.15, -0.1) is 0 Å². The third-order valence-corrected chi connectivity index (χ3v) is 24.4. The predicted octanol–water partition coefficient (Wildman–Crippen LogP) is 13.4. The third-order valence-electron chi connectivity index (χ3n) is 17.2. The number of fused-ring (bicyclic) bond motifs is 3. The van der Waals surface area contributed by atoms with Crippen LogP contribution in [0.3, 0.4) is 0 Å². The van der Waals surface area contributed by atoms with Gasteiger partial charge in [0.05, 0.1) is 76.8 Å². The van der Waals surface area contributed by atoms with Gasteiger partial charge in [-0.1, -0.05) is 34.0 Å². The molecule has 12 heterocycles. The summed E-state index contributed by atoms with van der Waals surface area (Å²) in [4.78, 5) is 27.4. The van der Waals surface area contributed by atoms with Crippen LogP contribution in [-0.4, -0.2) is 148 Å². The molecule has 2 saturated carbocycles. The Kier molecular flexibility index (Phi) is 25.6. The molecule has 9 aromatic heterocycles. The highest BCUT2D eigenvalue weighted by Crippen LogP contribution is 2.38. The van der Waals surface area contributed by atoms with Gasteiger partial charge in [0.15, 0.2) is 15.4 Å². The predicted molar refractivity (Wildman–Crippen MR) is 427 cm³/mol. The summed E-state index contributed by atoms with van der Waals surface area (Å²) < 4.78 is 74.0. The summed E-state index contributed by atoms with van der Waals surface area (Å²) >= 11 is 4.88. The SMILES string of the molecule is Cn1cc(-c2cc(Oc3ccc4nc(N[C@H]5CCCN(S(=O)(=O)C6CC6)C5)sc4c3)ccn2)cn1.Cn1cc(-c2cc(Oc3ccc4nc(N[C@H]5CCCNC5)sc4c3)ccn2)cn1.Cn1cc(-c2cc(Oc3ccc4nc(N[C@H]5CCCNC5)sc4c3)ccn2)cn1.O=S(=O)(Cl)C1CC1.S.S.S. The van der Waals surface area contributed by atoms with Crippen LogP contribution in [0.5, 0.6) is 34.5 Å². The zero-order chi connectivity index (χ0) is 68.7. The van der Waals surface area contributed by atoms with Gasteiger partial charge in [-0.25, -0.2) is 31.8 Å². The van der Waals surface area contributed by atoms with E-state index >= 15 is 0 Å². The summed E-state index contributed by atoms with van der Waals surface area (Å²) in [5.74, 6) is 4.48. The molecule has 5 aliphatic rings. The summed E-state index contributed by atoms with van der Waals surface area (Å²) in [6.07, 6.45) is 26.0. The fourth-order valence-corrected chi connectivity index (χ4v) is 17.8. The highest BCUT2D eigenvalue weighted by atomic mass is 35.7. The average molecular weight is 1570 g/mol. The van der Waals surface area contributed by atoms with E-state index in [1.165, 1.54) is 25.7 Å². The van der Waals surface area contributed by atoms with Crippen LogP contribution in [-0.2, 0) is 40.2 Å². The fourth-order valence-electron chi connectivity index (χ4n) is 11.7. The van der Waals surface area contributed by atoms with Crippen LogP contribution in [0.1, 0.15) is 64.2 Å². The van der Waals surface area contributed by atoms with Crippen molar-refractivity contribution >= 4 is 150 Å². The number of nitrogens with one attached hydrogen (secondary N) is 5. The Morgan fingerprint density at radius 2 is 0.825 bits per heavy atom. The third kappa shape index (κ3) is 20.4. The van der Waals surface area contributed by atoms with E-state index in [9.17, 15) is 16.8 Å². The zero-order valence-corrected chi connectivity index (χ0v) is 64.5. The lowest BCUT2D eigenvalue weighted by Crippen LogP contribution is -2.46. The first kappa shape index (κ1) is 76.5. The van der Waals surface area contributed by atoms with Crippen molar-refractivity contribution in [3.8, 4) is 68.3 Å². The van der Waals surface area contributed by atoms with E-state index in [-0.39, 0.29) is 57.0 Å². The molecule has 3 aliphatic heterocycles. The lowest BCUT2D eigenvalue weighted by Gasteiger charge is -2.32. The number of rotatable bonds is 18. The lowest BCUT2D eigenvalue weighted by molar-refractivity contribution is 0.326. The molecule has 0 bridgehead atoms. The Morgan fingerprint density at radius 3 is 1.15 bits per heavy atom. The van der Waals surface area contributed by atoms with E-state index in [2.05, 4.69) is 56.8 Å². The maximum absolute atomic E-state index is 12.6. The van der Waals surface area contributed by atoms with Gasteiger partial charge in [-0.2, -0.15) is 60.1 Å². The molecule has 2 aliphatic carbocycles. The van der Waals surface area contributed by atoms with Gasteiger partial charge >= 0.3 is 0 Å². The molecule has 5 fully saturated rings. The number of sulfonamides is 1. The minimum atomic E-state index is -3.16. The van der Waals surface area contributed by atoms with Crippen molar-refractivity contribution in [1.29, 1.82) is 0 Å². The van der Waals surface area contributed by atoms with Gasteiger partial charge in [0.25, 0.3) is 0 Å². The summed E-state index contributed by atoms with van der Waals surface area (Å²) in [6, 6.07) is 30.1. The Balaban J connectivity index is 0.000000146. The summed E-state index contributed by atoms with van der Waals surface area (Å²) in [7, 11) is 4.26. The highest BCUT2D eigenvalue weighted by molar-refractivity contribution is 8.14. The maximum Gasteiger partial charge on any atom is 0.235 e. The van der Waals surface area contributed by atoms with Crippen molar-refractivity contribution in [2.45, 2.75) is 92.8 Å². The number of benzene rings is 3. The quantitative estimate of drug-likeness (QED) is 0.0499. The van der Waals surface area contributed by atoms with Gasteiger partial charge in [-0.3, -0.25) is 29.0 Å². The molecule has 3 atom stereocenters. The number of nitrogens with zero attached hydrogens (tertiary/aromatic N) is 13. The van der Waals surface area contributed by atoms with E-state index in [0.717, 1.165) is 173 Å². The largest absolute Gasteiger partial charge is 0.457 e. The van der Waals surface area contributed by atoms with Gasteiger partial charge in [0.1, 0.15) is 34.5 Å². The Bertz CT molecular complexity index is 4870. The number of hydrogen-bond acceptors (Lipinski definition) is 24. The van der Waals surface area contributed by atoms with E-state index in [1.807, 2.05) is 131 Å². The van der Waals surface area contributed by atoms with Crippen LogP contribution in [0.25, 0.3) is 64.4 Å². The number of pyridine rings is 3. The van der Waals surface area contributed by atoms with Crippen LogP contribution in [0.4, 0.5) is 15.4 Å². The van der Waals surface area contributed by atoms with Crippen molar-refractivity contribution in [2.24, 2.45) is 21.1 Å². The van der Waals surface area contributed by atoms with Crippen molar-refractivity contribution < 1.29 is 31.0 Å². The molecule has 0 unspecified atom stereocenters. The minimum Gasteiger partial charge on any atom is -0.457 e. The van der Waals surface area contributed by atoms with E-state index in [4.69, 9.17) is 39.8 Å². The molecule has 12 aromatic rings. The molecule has 0 amide bonds. The monoisotopic (exact) mass is 1560 g/mol. The summed E-state index contributed by atoms with van der Waals surface area (Å²) in [5.41, 5.74) is 8.17. The summed E-state index contributed by atoms with van der Waals surface area (Å²) in [5, 5.41) is 32.4. The summed E-state index contributed by atoms with van der Waals surface area (Å²) in [6.45, 7) is 5.32. The Morgan fingerprint density at radius 1 is 0.466 bits per heavy atom. The molecule has 5 N–H and O–H groups in total. The molecule has 0 spiro atoms. The number of aryl methyl sites for hydroxylation is 3. The first-order valence-corrected chi connectivity index (χ1v) is 39.6. The molecule has 0 radical (unpaired) electrons. The van der Waals surface area contributed by atoms with Crippen molar-refractivity contribution in [3.63, 3.8) is 0 Å². The first-order valence-electron chi connectivity index (χ1n) is 33.2. The Labute approximate surface area is 634 Å². The highest BCUT2D eigenvalue weighted by Gasteiger charge is 2.42. The lowest BCUT2D eigenvalue weighted by atomic mass is 10.1. The van der Waals surface area contributed by atoms with Crippen LogP contribution < -0.4 is 40.8 Å². The zero-order valence-electron chi connectivity index (χ0n) is 56.6. The van der Waals surface area contributed by atoms with Crippen molar-refractivity contribution in [1.82, 2.24) is 74.2 Å². The topological polar surface area (TPSA) is 290 Å². The van der Waals surface area contributed by atoms with Crippen LogP contribution in [0.2, 0.25) is 0 Å². The van der Waals surface area contributed by atoms with Crippen LogP contribution in [0.15, 0.2) is 147 Å². The van der Waals surface area contributed by atoms with Gasteiger partial charge < -0.3 is 40.8 Å². The standard InChI is InChI=1S/C24H26N6O3S2.2C21H22N6OS.C3H5ClO2S.3H2S/c1-29-14-16(13-26-29)22-11-19(8-9-25-22)33-18-4-7-21-23(12-18)34-24(28-21)27-17-3-2-10-30(15-17)35(31,32)20-5-6-20;2*1-27-13-14(11-24-27)19-9-17(6-8-23-19)28-16-4-5-18-20(10-16)29-21(26-18)25-15-3-2-7-22-12-15;4-7(5,6)3-1-2-3;;;/h4,7-9,11-14,17,20H,2-3,5-6,10,15H2,1H3,(H,27,28);2*4-6,8-11,13,15,22H,2-3,7,12H2,1H3,(H,25,26);3H,1-2H2;3*1H2/t17-;2*15-;;;;/m000..../s1. The molecule has 34 heteroatoms. The maximum atomic E-state index is 12.6. The van der Waals surface area contributed by atoms with Gasteiger partial charge in [0.2, 0.25) is 19.1 Å². The molecule has 103 heavy (non-hydrogen) atoms. The molecule has 17 rings (SSSR count). The Hall–Kier alpha value is -7.67. The molecule has 25 nitrogen and oxygen atoms in total. The van der Waals surface area contributed by atoms with E-state index < -0.39 is 19.1 Å². The second kappa shape index (κ2) is 34.5. The fraction of sp³-hybridized carbons (Fsp3) is 0.348. The molecule has 3 aromatic carbocycles. The van der Waals surface area contributed by atoms with Crippen LogP contribution in [0, 0.1) is 0 Å². The van der Waals surface area contributed by atoms with E-state index in [1.54, 1.807) is 89.5 Å². The number of halogens is 1. The second-order valence-electron chi connectivity index (χ2n) is 25.2. The average Bonchev–Trinajstić information content (AvgIpc) is 1.67. The minimum absolute atomic E-state index is 0. The first-order chi connectivity index (χ1) is 48.5. The number of thiazole rings is 3. The van der Waals surface area contributed by atoms with Gasteiger partial charge in [0, 0.05) is 166 Å². The molecule has 544 valence electrons. The number of aromatic nitrogens is 12. The smallest absolute Gasteiger partial charge is 0.235 e.